The molecule has 3 rings (SSSR count). The van der Waals surface area contributed by atoms with E-state index in [1.54, 1.807) is 0 Å². The molecular weight excluding hydrogens is 250 g/mol. The van der Waals surface area contributed by atoms with Gasteiger partial charge in [0.1, 0.15) is 11.5 Å². The van der Waals surface area contributed by atoms with Crippen molar-refractivity contribution in [2.24, 2.45) is 5.73 Å². The number of hydrogen-bond acceptors (Lipinski definition) is 3. The van der Waals surface area contributed by atoms with E-state index in [2.05, 4.69) is 6.92 Å². The average molecular weight is 268 g/mol. The number of ether oxygens (including phenoxy) is 2. The highest BCUT2D eigenvalue weighted by Crippen LogP contribution is 2.49. The van der Waals surface area contributed by atoms with Crippen molar-refractivity contribution in [2.45, 2.75) is 32.1 Å². The van der Waals surface area contributed by atoms with Crippen LogP contribution in [0.1, 0.15) is 36.0 Å². The van der Waals surface area contributed by atoms with Gasteiger partial charge in [-0.1, -0.05) is 18.5 Å². The zero-order valence-electron chi connectivity index (χ0n) is 10.6. The van der Waals surface area contributed by atoms with E-state index in [0.717, 1.165) is 54.6 Å². The second-order valence-corrected chi connectivity index (χ2v) is 5.40. The normalized spacial score (nSPS) is 17.9. The Hall–Kier alpha value is -0.930. The highest BCUT2D eigenvalue weighted by Gasteiger charge is 2.32. The van der Waals surface area contributed by atoms with Gasteiger partial charge in [0.2, 0.25) is 0 Å². The van der Waals surface area contributed by atoms with Crippen molar-refractivity contribution in [3.63, 3.8) is 0 Å². The number of nitrogens with two attached hydrogens (primary N) is 1. The van der Waals surface area contributed by atoms with Crippen LogP contribution in [0.15, 0.2) is 0 Å². The summed E-state index contributed by atoms with van der Waals surface area (Å²) in [6.07, 6.45) is 2.77. The summed E-state index contributed by atoms with van der Waals surface area (Å²) in [5.41, 5.74) is 9.33. The van der Waals surface area contributed by atoms with Gasteiger partial charge < -0.3 is 15.2 Å². The van der Waals surface area contributed by atoms with Crippen molar-refractivity contribution < 1.29 is 9.47 Å². The predicted octanol–water partition coefficient (Wildman–Crippen LogP) is 2.66. The van der Waals surface area contributed by atoms with Crippen molar-refractivity contribution >= 4 is 11.6 Å². The first kappa shape index (κ1) is 12.1. The second kappa shape index (κ2) is 4.63. The molecule has 0 saturated carbocycles. The Bertz CT molecular complexity index is 452. The van der Waals surface area contributed by atoms with Crippen molar-refractivity contribution in [1.82, 2.24) is 0 Å². The molecule has 0 radical (unpaired) electrons. The SMILES string of the molecule is CC(CCN)c1c2c(c(Cl)c3c1OCC3)OCC2. The summed E-state index contributed by atoms with van der Waals surface area (Å²) >= 11 is 6.42. The largest absolute Gasteiger partial charge is 0.493 e. The molecule has 2 N–H and O–H groups in total. The van der Waals surface area contributed by atoms with Gasteiger partial charge in [-0.25, -0.2) is 0 Å². The van der Waals surface area contributed by atoms with E-state index in [-0.39, 0.29) is 0 Å². The topological polar surface area (TPSA) is 44.5 Å². The summed E-state index contributed by atoms with van der Waals surface area (Å²) in [6, 6.07) is 0. The first-order valence-electron chi connectivity index (χ1n) is 6.56. The predicted molar refractivity (Wildman–Crippen MR) is 71.9 cm³/mol. The van der Waals surface area contributed by atoms with Gasteiger partial charge in [0.25, 0.3) is 0 Å². The van der Waals surface area contributed by atoms with Crippen molar-refractivity contribution in [3.8, 4) is 11.5 Å². The van der Waals surface area contributed by atoms with Gasteiger partial charge in [-0.3, -0.25) is 0 Å². The van der Waals surface area contributed by atoms with Crippen LogP contribution in [0.3, 0.4) is 0 Å². The van der Waals surface area contributed by atoms with Gasteiger partial charge in [0.15, 0.2) is 0 Å². The third-order valence-corrected chi connectivity index (χ3v) is 4.27. The number of rotatable bonds is 3. The third kappa shape index (κ3) is 1.69. The van der Waals surface area contributed by atoms with Crippen molar-refractivity contribution in [3.05, 3.63) is 21.7 Å². The van der Waals surface area contributed by atoms with E-state index in [1.165, 1.54) is 11.1 Å². The third-order valence-electron chi connectivity index (χ3n) is 3.87. The maximum absolute atomic E-state index is 6.42. The molecule has 0 aromatic heterocycles. The van der Waals surface area contributed by atoms with Crippen LogP contribution in [0.5, 0.6) is 11.5 Å². The Kier molecular flexibility index (Phi) is 3.12. The summed E-state index contributed by atoms with van der Waals surface area (Å²) in [4.78, 5) is 0. The second-order valence-electron chi connectivity index (χ2n) is 5.02. The molecule has 98 valence electrons. The summed E-state index contributed by atoms with van der Waals surface area (Å²) in [6.45, 7) is 4.34. The maximum Gasteiger partial charge on any atom is 0.142 e. The fraction of sp³-hybridized carbons (Fsp3) is 0.571. The van der Waals surface area contributed by atoms with Crippen LogP contribution in [0, 0.1) is 0 Å². The van der Waals surface area contributed by atoms with Crippen LogP contribution >= 0.6 is 11.6 Å². The zero-order chi connectivity index (χ0) is 12.7. The van der Waals surface area contributed by atoms with E-state index in [9.17, 15) is 0 Å². The highest BCUT2D eigenvalue weighted by molar-refractivity contribution is 6.33. The van der Waals surface area contributed by atoms with Crippen LogP contribution in [-0.2, 0) is 12.8 Å². The molecule has 2 aliphatic rings. The minimum absolute atomic E-state index is 0.398. The molecular formula is C14H18ClNO2. The molecule has 1 aromatic carbocycles. The molecule has 1 atom stereocenters. The van der Waals surface area contributed by atoms with Gasteiger partial charge in [0.05, 0.1) is 18.2 Å². The van der Waals surface area contributed by atoms with E-state index >= 15 is 0 Å². The lowest BCUT2D eigenvalue weighted by Crippen LogP contribution is -2.08. The fourth-order valence-electron chi connectivity index (χ4n) is 3.00. The van der Waals surface area contributed by atoms with Crippen LogP contribution in [-0.4, -0.2) is 19.8 Å². The molecule has 0 fully saturated rings. The van der Waals surface area contributed by atoms with Gasteiger partial charge in [-0.15, -0.1) is 0 Å². The number of hydrogen-bond donors (Lipinski definition) is 1. The summed E-state index contributed by atoms with van der Waals surface area (Å²) < 4.78 is 11.5. The Balaban J connectivity index is 2.18. The molecule has 2 aliphatic heterocycles. The first-order valence-corrected chi connectivity index (χ1v) is 6.94. The lowest BCUT2D eigenvalue weighted by molar-refractivity contribution is 0.350. The highest BCUT2D eigenvalue weighted by atomic mass is 35.5. The lowest BCUT2D eigenvalue weighted by atomic mass is 9.89. The Labute approximate surface area is 112 Å². The molecule has 0 aliphatic carbocycles. The van der Waals surface area contributed by atoms with E-state index < -0.39 is 0 Å². The van der Waals surface area contributed by atoms with Crippen molar-refractivity contribution in [2.75, 3.05) is 19.8 Å². The summed E-state index contributed by atoms with van der Waals surface area (Å²) in [7, 11) is 0. The maximum atomic E-state index is 6.42. The molecule has 1 aromatic rings. The van der Waals surface area contributed by atoms with Crippen LogP contribution in [0.2, 0.25) is 5.02 Å². The molecule has 0 spiro atoms. The molecule has 3 nitrogen and oxygen atoms in total. The summed E-state index contributed by atoms with van der Waals surface area (Å²) in [5, 5.41) is 0.763. The van der Waals surface area contributed by atoms with Crippen molar-refractivity contribution in [1.29, 1.82) is 0 Å². The Morgan fingerprint density at radius 2 is 1.83 bits per heavy atom. The Morgan fingerprint density at radius 1 is 1.17 bits per heavy atom. The van der Waals surface area contributed by atoms with Gasteiger partial charge in [-0.05, 0) is 18.9 Å². The average Bonchev–Trinajstić information content (AvgIpc) is 2.97. The van der Waals surface area contributed by atoms with Gasteiger partial charge in [-0.2, -0.15) is 0 Å². The van der Waals surface area contributed by atoms with Gasteiger partial charge in [0, 0.05) is 29.5 Å². The zero-order valence-corrected chi connectivity index (χ0v) is 11.3. The number of benzene rings is 1. The molecule has 4 heteroatoms. The Morgan fingerprint density at radius 3 is 2.56 bits per heavy atom. The molecule has 18 heavy (non-hydrogen) atoms. The van der Waals surface area contributed by atoms with E-state index in [1.807, 2.05) is 0 Å². The number of halogens is 1. The fourth-order valence-corrected chi connectivity index (χ4v) is 3.35. The van der Waals surface area contributed by atoms with E-state index in [4.69, 9.17) is 26.8 Å². The molecule has 0 amide bonds. The monoisotopic (exact) mass is 267 g/mol. The molecule has 0 saturated heterocycles. The molecule has 0 bridgehead atoms. The van der Waals surface area contributed by atoms with Crippen LogP contribution < -0.4 is 15.2 Å². The smallest absolute Gasteiger partial charge is 0.142 e. The number of fused-ring (bicyclic) bond motifs is 2. The lowest BCUT2D eigenvalue weighted by Gasteiger charge is -2.19. The van der Waals surface area contributed by atoms with Crippen LogP contribution in [0.25, 0.3) is 0 Å². The molecule has 1 unspecified atom stereocenters. The standard InChI is InChI=1S/C14H18ClNO2/c1-8(2-5-16)11-9-3-6-18-14(9)12(15)10-4-7-17-13(10)11/h8H,2-7,16H2,1H3. The minimum atomic E-state index is 0.398. The van der Waals surface area contributed by atoms with Crippen LogP contribution in [0.4, 0.5) is 0 Å². The quantitative estimate of drug-likeness (QED) is 0.916. The van der Waals surface area contributed by atoms with Gasteiger partial charge >= 0.3 is 0 Å². The first-order chi connectivity index (χ1) is 8.74. The summed E-state index contributed by atoms with van der Waals surface area (Å²) in [5.74, 6) is 2.29. The molecule has 2 heterocycles. The minimum Gasteiger partial charge on any atom is -0.493 e. The van der Waals surface area contributed by atoms with E-state index in [0.29, 0.717) is 12.5 Å².